The second-order valence-corrected chi connectivity index (χ2v) is 4.15. The quantitative estimate of drug-likeness (QED) is 0.748. The molecular formula is C10H16N4O. The van der Waals surface area contributed by atoms with Crippen LogP contribution in [0.3, 0.4) is 0 Å². The van der Waals surface area contributed by atoms with Gasteiger partial charge < -0.3 is 11.5 Å². The van der Waals surface area contributed by atoms with Gasteiger partial charge in [0.2, 0.25) is 0 Å². The Hall–Kier alpha value is -1.52. The van der Waals surface area contributed by atoms with Crippen molar-refractivity contribution >= 4 is 11.6 Å². The highest BCUT2D eigenvalue weighted by molar-refractivity contribution is 5.95. The van der Waals surface area contributed by atoms with E-state index in [2.05, 4.69) is 5.10 Å². The maximum Gasteiger partial charge on any atom is 0.271 e. The second-order valence-electron chi connectivity index (χ2n) is 4.15. The Bertz CT molecular complexity index is 367. The molecule has 1 aromatic heterocycles. The van der Waals surface area contributed by atoms with E-state index in [1.807, 2.05) is 0 Å². The standard InChI is InChI=1S/C10H16N4O/c11-8-6-14(13-9(8)10(12)15)5-1-2-7-3-4-7/h6-7H,1-5,11H2,(H2,12,15). The van der Waals surface area contributed by atoms with E-state index in [0.717, 1.165) is 18.9 Å². The van der Waals surface area contributed by atoms with Gasteiger partial charge in [0.25, 0.3) is 5.91 Å². The molecule has 1 heterocycles. The van der Waals surface area contributed by atoms with Crippen molar-refractivity contribution in [3.05, 3.63) is 11.9 Å². The summed E-state index contributed by atoms with van der Waals surface area (Å²) in [5.41, 5.74) is 11.3. The maximum absolute atomic E-state index is 10.9. The van der Waals surface area contributed by atoms with Crippen molar-refractivity contribution in [1.29, 1.82) is 0 Å². The summed E-state index contributed by atoms with van der Waals surface area (Å²) in [5.74, 6) is 0.363. The molecule has 0 bridgehead atoms. The average molecular weight is 208 g/mol. The molecule has 0 spiro atoms. The van der Waals surface area contributed by atoms with E-state index in [1.54, 1.807) is 10.9 Å². The number of nitrogens with two attached hydrogens (primary N) is 2. The Morgan fingerprint density at radius 1 is 1.60 bits per heavy atom. The molecule has 15 heavy (non-hydrogen) atoms. The molecule has 4 N–H and O–H groups in total. The van der Waals surface area contributed by atoms with Crippen molar-refractivity contribution < 1.29 is 4.79 Å². The summed E-state index contributed by atoms with van der Waals surface area (Å²) in [4.78, 5) is 10.9. The average Bonchev–Trinajstić information content (AvgIpc) is 2.90. The van der Waals surface area contributed by atoms with Crippen LogP contribution in [-0.4, -0.2) is 15.7 Å². The molecule has 1 saturated carbocycles. The summed E-state index contributed by atoms with van der Waals surface area (Å²) in [6.07, 6.45) is 6.74. The summed E-state index contributed by atoms with van der Waals surface area (Å²) < 4.78 is 1.71. The molecule has 0 saturated heterocycles. The van der Waals surface area contributed by atoms with E-state index in [-0.39, 0.29) is 5.69 Å². The van der Waals surface area contributed by atoms with Crippen LogP contribution in [0.5, 0.6) is 0 Å². The number of aromatic nitrogens is 2. The van der Waals surface area contributed by atoms with Crippen molar-refractivity contribution in [1.82, 2.24) is 9.78 Å². The van der Waals surface area contributed by atoms with Crippen LogP contribution in [0.15, 0.2) is 6.20 Å². The molecule has 1 amide bonds. The Kier molecular flexibility index (Phi) is 2.62. The zero-order valence-electron chi connectivity index (χ0n) is 8.65. The van der Waals surface area contributed by atoms with Crippen LogP contribution in [-0.2, 0) is 6.54 Å². The summed E-state index contributed by atoms with van der Waals surface area (Å²) in [6.45, 7) is 0.813. The molecule has 0 aromatic carbocycles. The molecule has 5 nitrogen and oxygen atoms in total. The SMILES string of the molecule is NC(=O)c1nn(CCCC2CC2)cc1N. The number of hydrogen-bond acceptors (Lipinski definition) is 3. The first-order chi connectivity index (χ1) is 7.16. The number of primary amides is 1. The third-order valence-corrected chi connectivity index (χ3v) is 2.72. The Morgan fingerprint density at radius 3 is 2.87 bits per heavy atom. The number of nitrogens with zero attached hydrogens (tertiary/aromatic N) is 2. The minimum atomic E-state index is -0.562. The van der Waals surface area contributed by atoms with Crippen LogP contribution in [0.1, 0.15) is 36.2 Å². The summed E-state index contributed by atoms with van der Waals surface area (Å²) in [7, 11) is 0. The predicted molar refractivity (Wildman–Crippen MR) is 57.1 cm³/mol. The molecule has 1 aliphatic carbocycles. The van der Waals surface area contributed by atoms with Gasteiger partial charge in [-0.2, -0.15) is 5.10 Å². The fourth-order valence-corrected chi connectivity index (χ4v) is 1.69. The van der Waals surface area contributed by atoms with Crippen LogP contribution in [0, 0.1) is 5.92 Å². The lowest BCUT2D eigenvalue weighted by Crippen LogP contribution is -2.14. The van der Waals surface area contributed by atoms with E-state index in [0.29, 0.717) is 5.69 Å². The molecule has 5 heteroatoms. The summed E-state index contributed by atoms with van der Waals surface area (Å²) in [6, 6.07) is 0. The van der Waals surface area contributed by atoms with Crippen molar-refractivity contribution in [3.63, 3.8) is 0 Å². The van der Waals surface area contributed by atoms with E-state index in [9.17, 15) is 4.79 Å². The largest absolute Gasteiger partial charge is 0.396 e. The molecule has 2 rings (SSSR count). The lowest BCUT2D eigenvalue weighted by Gasteiger charge is -1.99. The van der Waals surface area contributed by atoms with Gasteiger partial charge in [-0.25, -0.2) is 0 Å². The monoisotopic (exact) mass is 208 g/mol. The Morgan fingerprint density at radius 2 is 2.33 bits per heavy atom. The molecule has 0 aliphatic heterocycles. The van der Waals surface area contributed by atoms with Gasteiger partial charge >= 0.3 is 0 Å². The molecule has 1 fully saturated rings. The predicted octanol–water partition coefficient (Wildman–Crippen LogP) is 0.754. The highest BCUT2D eigenvalue weighted by Crippen LogP contribution is 2.33. The smallest absolute Gasteiger partial charge is 0.271 e. The third kappa shape index (κ3) is 2.49. The van der Waals surface area contributed by atoms with Gasteiger partial charge in [0.05, 0.1) is 5.69 Å². The molecule has 0 radical (unpaired) electrons. The third-order valence-electron chi connectivity index (χ3n) is 2.72. The highest BCUT2D eigenvalue weighted by atomic mass is 16.1. The fourth-order valence-electron chi connectivity index (χ4n) is 1.69. The Balaban J connectivity index is 1.89. The lowest BCUT2D eigenvalue weighted by molar-refractivity contribution is 0.0995. The number of hydrogen-bond donors (Lipinski definition) is 2. The van der Waals surface area contributed by atoms with Gasteiger partial charge in [-0.05, 0) is 18.8 Å². The normalized spacial score (nSPS) is 15.5. The van der Waals surface area contributed by atoms with Crippen molar-refractivity contribution in [2.75, 3.05) is 5.73 Å². The Labute approximate surface area is 88.4 Å². The van der Waals surface area contributed by atoms with Gasteiger partial charge in [-0.3, -0.25) is 9.48 Å². The van der Waals surface area contributed by atoms with E-state index < -0.39 is 5.91 Å². The first-order valence-corrected chi connectivity index (χ1v) is 5.29. The highest BCUT2D eigenvalue weighted by Gasteiger charge is 2.20. The number of carbonyl (C=O) groups excluding carboxylic acids is 1. The minimum absolute atomic E-state index is 0.182. The molecule has 0 atom stereocenters. The number of anilines is 1. The van der Waals surface area contributed by atoms with Crippen LogP contribution >= 0.6 is 0 Å². The first-order valence-electron chi connectivity index (χ1n) is 5.29. The van der Waals surface area contributed by atoms with Crippen molar-refractivity contribution in [3.8, 4) is 0 Å². The van der Waals surface area contributed by atoms with Gasteiger partial charge in [0, 0.05) is 12.7 Å². The maximum atomic E-state index is 10.9. The molecule has 82 valence electrons. The lowest BCUT2D eigenvalue weighted by atomic mass is 10.2. The number of carbonyl (C=O) groups is 1. The van der Waals surface area contributed by atoms with Crippen LogP contribution in [0.4, 0.5) is 5.69 Å². The van der Waals surface area contributed by atoms with Crippen LogP contribution in [0.2, 0.25) is 0 Å². The molecule has 1 aliphatic rings. The van der Waals surface area contributed by atoms with Gasteiger partial charge in [0.15, 0.2) is 5.69 Å². The topological polar surface area (TPSA) is 86.9 Å². The number of amides is 1. The summed E-state index contributed by atoms with van der Waals surface area (Å²) in [5, 5.41) is 4.04. The number of rotatable bonds is 5. The van der Waals surface area contributed by atoms with Crippen LogP contribution < -0.4 is 11.5 Å². The number of nitrogen functional groups attached to an aromatic ring is 1. The van der Waals surface area contributed by atoms with Crippen molar-refractivity contribution in [2.45, 2.75) is 32.2 Å². The van der Waals surface area contributed by atoms with Crippen molar-refractivity contribution in [2.24, 2.45) is 11.7 Å². The van der Waals surface area contributed by atoms with Gasteiger partial charge in [-0.15, -0.1) is 0 Å². The number of aryl methyl sites for hydroxylation is 1. The van der Waals surface area contributed by atoms with Gasteiger partial charge in [-0.1, -0.05) is 12.8 Å². The molecule has 1 aromatic rings. The zero-order valence-corrected chi connectivity index (χ0v) is 8.65. The molecule has 0 unspecified atom stereocenters. The van der Waals surface area contributed by atoms with Gasteiger partial charge in [0.1, 0.15) is 0 Å². The fraction of sp³-hybridized carbons (Fsp3) is 0.600. The van der Waals surface area contributed by atoms with E-state index >= 15 is 0 Å². The van der Waals surface area contributed by atoms with E-state index in [1.165, 1.54) is 19.3 Å². The molecular weight excluding hydrogens is 192 g/mol. The van der Waals surface area contributed by atoms with Crippen LogP contribution in [0.25, 0.3) is 0 Å². The second kappa shape index (κ2) is 3.92. The first kappa shape index (κ1) is 10.0. The van der Waals surface area contributed by atoms with E-state index in [4.69, 9.17) is 11.5 Å². The summed E-state index contributed by atoms with van der Waals surface area (Å²) >= 11 is 0. The minimum Gasteiger partial charge on any atom is -0.396 e. The zero-order chi connectivity index (χ0) is 10.8.